The van der Waals surface area contributed by atoms with Crippen LogP contribution in [0.3, 0.4) is 0 Å². The lowest BCUT2D eigenvalue weighted by Crippen LogP contribution is -2.29. The van der Waals surface area contributed by atoms with Gasteiger partial charge in [0.1, 0.15) is 0 Å². The van der Waals surface area contributed by atoms with Crippen LogP contribution < -0.4 is 16.4 Å². The Bertz CT molecular complexity index is 923. The Hall–Kier alpha value is -2.54. The molecule has 0 spiro atoms. The summed E-state index contributed by atoms with van der Waals surface area (Å²) in [6, 6.07) is 9.43. The number of carbonyl (C=O) groups excluding carboxylic acids is 1. The van der Waals surface area contributed by atoms with Crippen LogP contribution in [0.5, 0.6) is 0 Å². The maximum Gasteiger partial charge on any atom is 0.419 e. The zero-order chi connectivity index (χ0) is 17.1. The number of oxazole rings is 1. The SMILES string of the molecule is CCc1ccc(CNC(=O)CNc2ccc3oc(=O)n(C)c3c2)s1. The summed E-state index contributed by atoms with van der Waals surface area (Å²) < 4.78 is 6.51. The summed E-state index contributed by atoms with van der Waals surface area (Å²) in [7, 11) is 1.65. The van der Waals surface area contributed by atoms with Gasteiger partial charge in [-0.2, -0.15) is 0 Å². The highest BCUT2D eigenvalue weighted by Gasteiger charge is 2.08. The molecule has 0 aliphatic rings. The topological polar surface area (TPSA) is 76.3 Å². The van der Waals surface area contributed by atoms with Crippen LogP contribution in [0.2, 0.25) is 0 Å². The van der Waals surface area contributed by atoms with Crippen molar-refractivity contribution in [1.29, 1.82) is 0 Å². The lowest BCUT2D eigenvalue weighted by Gasteiger charge is -2.07. The first-order valence-corrected chi connectivity index (χ1v) is 8.56. The van der Waals surface area contributed by atoms with Crippen LogP contribution in [-0.2, 0) is 24.8 Å². The van der Waals surface area contributed by atoms with Gasteiger partial charge in [0.15, 0.2) is 5.58 Å². The van der Waals surface area contributed by atoms with E-state index in [-0.39, 0.29) is 12.5 Å². The summed E-state index contributed by atoms with van der Waals surface area (Å²) in [6.07, 6.45) is 1.01. The second-order valence-corrected chi connectivity index (χ2v) is 6.71. The lowest BCUT2D eigenvalue weighted by atomic mass is 10.3. The van der Waals surface area contributed by atoms with Crippen LogP contribution >= 0.6 is 11.3 Å². The molecule has 2 aromatic heterocycles. The Morgan fingerprint density at radius 3 is 2.79 bits per heavy atom. The number of nitrogens with zero attached hydrogens (tertiary/aromatic N) is 1. The number of hydrogen-bond donors (Lipinski definition) is 2. The summed E-state index contributed by atoms with van der Waals surface area (Å²) in [5.41, 5.74) is 1.98. The van der Waals surface area contributed by atoms with E-state index in [1.807, 2.05) is 6.07 Å². The number of nitrogens with one attached hydrogen (secondary N) is 2. The molecular weight excluding hydrogens is 326 g/mol. The van der Waals surface area contributed by atoms with E-state index in [4.69, 9.17) is 4.42 Å². The fraction of sp³-hybridized carbons (Fsp3) is 0.294. The van der Waals surface area contributed by atoms with Gasteiger partial charge in [-0.3, -0.25) is 9.36 Å². The molecule has 0 saturated carbocycles. The molecule has 1 aromatic carbocycles. The minimum absolute atomic E-state index is 0.0809. The van der Waals surface area contributed by atoms with Gasteiger partial charge >= 0.3 is 5.76 Å². The maximum absolute atomic E-state index is 12.0. The van der Waals surface area contributed by atoms with Crippen LogP contribution in [0.15, 0.2) is 39.5 Å². The van der Waals surface area contributed by atoms with Gasteiger partial charge in [-0.15, -0.1) is 11.3 Å². The van der Waals surface area contributed by atoms with Crippen LogP contribution in [0.4, 0.5) is 5.69 Å². The van der Waals surface area contributed by atoms with Gasteiger partial charge in [-0.05, 0) is 36.8 Å². The van der Waals surface area contributed by atoms with Gasteiger partial charge in [-0.1, -0.05) is 6.92 Å². The van der Waals surface area contributed by atoms with Crippen LogP contribution in [0.25, 0.3) is 11.1 Å². The largest absolute Gasteiger partial charge is 0.419 e. The van der Waals surface area contributed by atoms with Crippen LogP contribution in [0.1, 0.15) is 16.7 Å². The van der Waals surface area contributed by atoms with Crippen LogP contribution in [-0.4, -0.2) is 17.0 Å². The van der Waals surface area contributed by atoms with Crippen molar-refractivity contribution in [2.75, 3.05) is 11.9 Å². The molecule has 0 atom stereocenters. The van der Waals surface area contributed by atoms with Crippen molar-refractivity contribution < 1.29 is 9.21 Å². The molecule has 0 saturated heterocycles. The third-order valence-corrected chi connectivity index (χ3v) is 5.00. The van der Waals surface area contributed by atoms with Crippen molar-refractivity contribution in [3.8, 4) is 0 Å². The first-order chi connectivity index (χ1) is 11.6. The Balaban J connectivity index is 1.55. The molecule has 0 bridgehead atoms. The van der Waals surface area contributed by atoms with E-state index in [2.05, 4.69) is 23.6 Å². The van der Waals surface area contributed by atoms with Gasteiger partial charge in [-0.25, -0.2) is 4.79 Å². The average Bonchev–Trinajstić information content (AvgIpc) is 3.16. The third kappa shape index (κ3) is 3.51. The zero-order valence-electron chi connectivity index (χ0n) is 13.6. The molecule has 6 nitrogen and oxygen atoms in total. The first kappa shape index (κ1) is 16.3. The van der Waals surface area contributed by atoms with Crippen molar-refractivity contribution in [2.45, 2.75) is 19.9 Å². The molecule has 2 heterocycles. The molecule has 1 amide bonds. The number of hydrogen-bond acceptors (Lipinski definition) is 5. The Labute approximate surface area is 143 Å². The maximum atomic E-state index is 12.0. The van der Waals surface area contributed by atoms with Gasteiger partial charge in [0.25, 0.3) is 0 Å². The van der Waals surface area contributed by atoms with Gasteiger partial charge in [0, 0.05) is 22.5 Å². The van der Waals surface area contributed by atoms with Crippen molar-refractivity contribution in [3.63, 3.8) is 0 Å². The number of carbonyl (C=O) groups is 1. The number of aromatic nitrogens is 1. The minimum atomic E-state index is -0.401. The quantitative estimate of drug-likeness (QED) is 0.720. The smallest absolute Gasteiger partial charge is 0.408 e. The van der Waals surface area contributed by atoms with E-state index in [0.717, 1.165) is 17.0 Å². The molecule has 126 valence electrons. The number of amides is 1. The second-order valence-electron chi connectivity index (χ2n) is 5.46. The second kappa shape index (κ2) is 6.92. The number of rotatable bonds is 6. The van der Waals surface area contributed by atoms with Crippen molar-refractivity contribution in [2.24, 2.45) is 7.05 Å². The summed E-state index contributed by atoms with van der Waals surface area (Å²) in [6.45, 7) is 2.83. The van der Waals surface area contributed by atoms with Crippen molar-refractivity contribution >= 4 is 34.0 Å². The summed E-state index contributed by atoms with van der Waals surface area (Å²) >= 11 is 1.72. The molecule has 7 heteroatoms. The summed E-state index contributed by atoms with van der Waals surface area (Å²) in [5, 5.41) is 5.95. The fourth-order valence-corrected chi connectivity index (χ4v) is 3.27. The normalized spacial score (nSPS) is 10.9. The molecule has 3 rings (SSSR count). The summed E-state index contributed by atoms with van der Waals surface area (Å²) in [5.74, 6) is -0.482. The van der Waals surface area contributed by atoms with Crippen LogP contribution in [0, 0.1) is 0 Å². The fourth-order valence-electron chi connectivity index (χ4n) is 2.37. The Kier molecular flexibility index (Phi) is 4.71. The molecule has 0 radical (unpaired) electrons. The molecule has 0 aliphatic carbocycles. The third-order valence-electron chi connectivity index (χ3n) is 3.77. The zero-order valence-corrected chi connectivity index (χ0v) is 14.4. The van der Waals surface area contributed by atoms with Gasteiger partial charge in [0.2, 0.25) is 5.91 Å². The number of fused-ring (bicyclic) bond motifs is 1. The highest BCUT2D eigenvalue weighted by Crippen LogP contribution is 2.18. The standard InChI is InChI=1S/C17H19N3O3S/c1-3-12-5-6-13(24-12)9-19-16(21)10-18-11-4-7-15-14(8-11)20(2)17(22)23-15/h4-8,18H,3,9-10H2,1-2H3,(H,19,21). The molecule has 0 fully saturated rings. The number of aryl methyl sites for hydroxylation is 2. The highest BCUT2D eigenvalue weighted by atomic mass is 32.1. The van der Waals surface area contributed by atoms with E-state index in [9.17, 15) is 9.59 Å². The first-order valence-electron chi connectivity index (χ1n) is 7.74. The predicted octanol–water partition coefficient (Wildman–Crippen LogP) is 2.48. The van der Waals surface area contributed by atoms with E-state index in [1.54, 1.807) is 36.6 Å². The van der Waals surface area contributed by atoms with E-state index in [1.165, 1.54) is 9.44 Å². The van der Waals surface area contributed by atoms with E-state index in [0.29, 0.717) is 17.6 Å². The Morgan fingerprint density at radius 2 is 2.04 bits per heavy atom. The van der Waals surface area contributed by atoms with Gasteiger partial charge in [0.05, 0.1) is 18.6 Å². The molecule has 2 N–H and O–H groups in total. The van der Waals surface area contributed by atoms with Crippen molar-refractivity contribution in [1.82, 2.24) is 9.88 Å². The molecular formula is C17H19N3O3S. The van der Waals surface area contributed by atoms with Gasteiger partial charge < -0.3 is 15.1 Å². The monoisotopic (exact) mass is 345 g/mol. The Morgan fingerprint density at radius 1 is 1.25 bits per heavy atom. The van der Waals surface area contributed by atoms with E-state index < -0.39 is 5.76 Å². The number of anilines is 1. The minimum Gasteiger partial charge on any atom is -0.408 e. The summed E-state index contributed by atoms with van der Waals surface area (Å²) in [4.78, 5) is 25.9. The lowest BCUT2D eigenvalue weighted by molar-refractivity contribution is -0.119. The number of thiophene rings is 1. The number of benzene rings is 1. The predicted molar refractivity (Wildman–Crippen MR) is 95.5 cm³/mol. The average molecular weight is 345 g/mol. The van der Waals surface area contributed by atoms with E-state index >= 15 is 0 Å². The molecule has 24 heavy (non-hydrogen) atoms. The molecule has 0 aliphatic heterocycles. The highest BCUT2D eigenvalue weighted by molar-refractivity contribution is 7.11. The molecule has 3 aromatic rings. The van der Waals surface area contributed by atoms with Crippen molar-refractivity contribution in [3.05, 3.63) is 50.6 Å². The molecule has 0 unspecified atom stereocenters.